The lowest BCUT2D eigenvalue weighted by Crippen LogP contribution is -2.58. The monoisotopic (exact) mass is 263 g/mol. The standard InChI is InChI=1S/C13H21N5O/c1-13(2)9-18(7-6-17(13)3)12(19)10-4-5-15-11(8-10)16-14/h4-5,8H,6-7,9,14H2,1-3H3,(H,15,16). The van der Waals surface area contributed by atoms with Crippen molar-refractivity contribution in [2.24, 2.45) is 5.84 Å². The normalized spacial score (nSPS) is 19.3. The molecular formula is C13H21N5O. The highest BCUT2D eigenvalue weighted by Crippen LogP contribution is 2.20. The van der Waals surface area contributed by atoms with Crippen LogP contribution in [0.15, 0.2) is 18.3 Å². The van der Waals surface area contributed by atoms with E-state index in [2.05, 4.69) is 36.2 Å². The van der Waals surface area contributed by atoms with E-state index >= 15 is 0 Å². The van der Waals surface area contributed by atoms with Crippen LogP contribution in [0.4, 0.5) is 5.82 Å². The second kappa shape index (κ2) is 5.14. The highest BCUT2D eigenvalue weighted by Gasteiger charge is 2.33. The van der Waals surface area contributed by atoms with Crippen molar-refractivity contribution in [3.05, 3.63) is 23.9 Å². The molecule has 3 N–H and O–H groups in total. The van der Waals surface area contributed by atoms with Crippen molar-refractivity contribution in [2.45, 2.75) is 19.4 Å². The Hall–Kier alpha value is -1.66. The average molecular weight is 263 g/mol. The van der Waals surface area contributed by atoms with Crippen LogP contribution in [0.25, 0.3) is 0 Å². The maximum absolute atomic E-state index is 12.5. The van der Waals surface area contributed by atoms with E-state index in [-0.39, 0.29) is 11.4 Å². The molecule has 0 bridgehead atoms. The number of nitrogen functional groups attached to an aromatic ring is 1. The predicted molar refractivity (Wildman–Crippen MR) is 74.7 cm³/mol. The molecule has 1 amide bonds. The lowest BCUT2D eigenvalue weighted by Gasteiger charge is -2.45. The van der Waals surface area contributed by atoms with Crippen molar-refractivity contribution < 1.29 is 4.79 Å². The molecule has 0 atom stereocenters. The number of anilines is 1. The minimum Gasteiger partial charge on any atom is -0.336 e. The second-order valence-electron chi connectivity index (χ2n) is 5.53. The van der Waals surface area contributed by atoms with Crippen LogP contribution in [0.1, 0.15) is 24.2 Å². The Morgan fingerprint density at radius 3 is 2.84 bits per heavy atom. The molecule has 1 fully saturated rings. The van der Waals surface area contributed by atoms with Gasteiger partial charge in [-0.05, 0) is 33.0 Å². The minimum absolute atomic E-state index is 0.00408. The third-order valence-electron chi connectivity index (χ3n) is 3.76. The number of hydrogen-bond donors (Lipinski definition) is 2. The zero-order valence-corrected chi connectivity index (χ0v) is 11.7. The van der Waals surface area contributed by atoms with Crippen LogP contribution in [-0.2, 0) is 0 Å². The van der Waals surface area contributed by atoms with Gasteiger partial charge in [0.2, 0.25) is 0 Å². The van der Waals surface area contributed by atoms with Crippen molar-refractivity contribution >= 4 is 11.7 Å². The summed E-state index contributed by atoms with van der Waals surface area (Å²) in [6, 6.07) is 3.39. The molecule has 0 aliphatic carbocycles. The maximum atomic E-state index is 12.5. The van der Waals surface area contributed by atoms with E-state index in [1.165, 1.54) is 0 Å². The van der Waals surface area contributed by atoms with E-state index in [1.54, 1.807) is 18.3 Å². The zero-order valence-electron chi connectivity index (χ0n) is 11.7. The van der Waals surface area contributed by atoms with Gasteiger partial charge in [-0.2, -0.15) is 0 Å². The van der Waals surface area contributed by atoms with Crippen molar-refractivity contribution in [3.63, 3.8) is 0 Å². The van der Waals surface area contributed by atoms with Gasteiger partial charge in [-0.1, -0.05) is 0 Å². The first-order valence-corrected chi connectivity index (χ1v) is 6.37. The van der Waals surface area contributed by atoms with Crippen LogP contribution in [0.3, 0.4) is 0 Å². The van der Waals surface area contributed by atoms with Gasteiger partial charge in [-0.15, -0.1) is 0 Å². The largest absolute Gasteiger partial charge is 0.336 e. The Bertz CT molecular complexity index is 474. The molecular weight excluding hydrogens is 242 g/mol. The average Bonchev–Trinajstić information content (AvgIpc) is 2.41. The summed E-state index contributed by atoms with van der Waals surface area (Å²) < 4.78 is 0. The number of carbonyl (C=O) groups is 1. The summed E-state index contributed by atoms with van der Waals surface area (Å²) in [7, 11) is 2.09. The molecule has 0 unspecified atom stereocenters. The van der Waals surface area contributed by atoms with Crippen LogP contribution in [-0.4, -0.2) is 52.9 Å². The summed E-state index contributed by atoms with van der Waals surface area (Å²) in [5.74, 6) is 5.84. The second-order valence-corrected chi connectivity index (χ2v) is 5.53. The van der Waals surface area contributed by atoms with E-state index in [1.807, 2.05) is 4.90 Å². The number of amides is 1. The van der Waals surface area contributed by atoms with E-state index in [9.17, 15) is 4.79 Å². The van der Waals surface area contributed by atoms with Crippen LogP contribution >= 0.6 is 0 Å². The number of carbonyl (C=O) groups excluding carboxylic acids is 1. The molecule has 6 heteroatoms. The first kappa shape index (κ1) is 13.8. The number of nitrogens with two attached hydrogens (primary N) is 1. The SMILES string of the molecule is CN1CCN(C(=O)c2ccnc(NN)c2)CC1(C)C. The smallest absolute Gasteiger partial charge is 0.254 e. The Morgan fingerprint density at radius 1 is 1.47 bits per heavy atom. The number of aromatic nitrogens is 1. The number of nitrogens with zero attached hydrogens (tertiary/aromatic N) is 3. The fourth-order valence-corrected chi connectivity index (χ4v) is 2.24. The number of hydrazine groups is 1. The molecule has 1 aromatic heterocycles. The van der Waals surface area contributed by atoms with E-state index < -0.39 is 0 Å². The predicted octanol–water partition coefficient (Wildman–Crippen LogP) is 0.533. The molecule has 0 aromatic carbocycles. The highest BCUT2D eigenvalue weighted by molar-refractivity contribution is 5.95. The molecule has 2 rings (SSSR count). The first-order chi connectivity index (χ1) is 8.94. The molecule has 0 spiro atoms. The molecule has 104 valence electrons. The highest BCUT2D eigenvalue weighted by atomic mass is 16.2. The van der Waals surface area contributed by atoms with Gasteiger partial charge in [0.25, 0.3) is 5.91 Å². The molecule has 2 heterocycles. The molecule has 6 nitrogen and oxygen atoms in total. The molecule has 1 aliphatic heterocycles. The Kier molecular flexibility index (Phi) is 3.73. The third kappa shape index (κ3) is 2.85. The van der Waals surface area contributed by atoms with Crippen molar-refractivity contribution in [2.75, 3.05) is 32.1 Å². The van der Waals surface area contributed by atoms with E-state index in [0.29, 0.717) is 11.4 Å². The maximum Gasteiger partial charge on any atom is 0.254 e. The lowest BCUT2D eigenvalue weighted by molar-refractivity contribution is 0.0311. The topological polar surface area (TPSA) is 74.5 Å². The summed E-state index contributed by atoms with van der Waals surface area (Å²) in [5, 5.41) is 0. The summed E-state index contributed by atoms with van der Waals surface area (Å²) in [5.41, 5.74) is 3.07. The Morgan fingerprint density at radius 2 is 2.21 bits per heavy atom. The number of likely N-dealkylation sites (N-methyl/N-ethyl adjacent to an activating group) is 1. The van der Waals surface area contributed by atoms with Gasteiger partial charge in [0.05, 0.1) is 0 Å². The summed E-state index contributed by atoms with van der Waals surface area (Å²) in [4.78, 5) is 20.6. The van der Waals surface area contributed by atoms with Gasteiger partial charge in [0.1, 0.15) is 5.82 Å². The number of nitrogens with one attached hydrogen (secondary N) is 1. The van der Waals surface area contributed by atoms with Gasteiger partial charge in [-0.25, -0.2) is 10.8 Å². The van der Waals surface area contributed by atoms with Crippen molar-refractivity contribution in [1.82, 2.24) is 14.8 Å². The number of rotatable bonds is 2. The van der Waals surface area contributed by atoms with Crippen LogP contribution in [0.5, 0.6) is 0 Å². The molecule has 1 saturated heterocycles. The summed E-state index contributed by atoms with van der Waals surface area (Å²) in [6.45, 7) is 6.63. The first-order valence-electron chi connectivity index (χ1n) is 6.37. The van der Waals surface area contributed by atoms with Crippen LogP contribution in [0.2, 0.25) is 0 Å². The quantitative estimate of drug-likeness (QED) is 0.601. The Labute approximate surface area is 113 Å². The van der Waals surface area contributed by atoms with Crippen LogP contribution in [0, 0.1) is 0 Å². The molecule has 1 aromatic rings. The van der Waals surface area contributed by atoms with Crippen molar-refractivity contribution in [3.8, 4) is 0 Å². The van der Waals surface area contributed by atoms with Crippen molar-refractivity contribution in [1.29, 1.82) is 0 Å². The van der Waals surface area contributed by atoms with Gasteiger partial charge >= 0.3 is 0 Å². The Balaban J connectivity index is 2.15. The zero-order chi connectivity index (χ0) is 14.0. The lowest BCUT2D eigenvalue weighted by atomic mass is 9.99. The van der Waals surface area contributed by atoms with E-state index in [0.717, 1.165) is 19.6 Å². The molecule has 1 aliphatic rings. The van der Waals surface area contributed by atoms with Gasteiger partial charge in [0.15, 0.2) is 0 Å². The number of hydrogen-bond acceptors (Lipinski definition) is 5. The van der Waals surface area contributed by atoms with Gasteiger partial charge in [0, 0.05) is 36.9 Å². The fraction of sp³-hybridized carbons (Fsp3) is 0.538. The minimum atomic E-state index is -0.00408. The third-order valence-corrected chi connectivity index (χ3v) is 3.76. The molecule has 19 heavy (non-hydrogen) atoms. The summed E-state index contributed by atoms with van der Waals surface area (Å²) in [6.07, 6.45) is 1.59. The number of pyridine rings is 1. The van der Waals surface area contributed by atoms with Gasteiger partial charge in [-0.3, -0.25) is 9.69 Å². The molecule has 0 saturated carbocycles. The van der Waals surface area contributed by atoms with E-state index in [4.69, 9.17) is 5.84 Å². The van der Waals surface area contributed by atoms with Gasteiger partial charge < -0.3 is 10.3 Å². The summed E-state index contributed by atoms with van der Waals surface area (Å²) >= 11 is 0. The number of piperazine rings is 1. The fourth-order valence-electron chi connectivity index (χ4n) is 2.24. The van der Waals surface area contributed by atoms with Crippen LogP contribution < -0.4 is 11.3 Å². The molecule has 0 radical (unpaired) electrons.